The largest absolute Gasteiger partial charge is 0.493 e. The second-order valence-electron chi connectivity index (χ2n) is 14.1. The molecule has 3 aliphatic rings. The molecule has 1 spiro atoms. The molecule has 10 nitrogen and oxygen atoms in total. The van der Waals surface area contributed by atoms with E-state index >= 15 is 0 Å². The van der Waals surface area contributed by atoms with Gasteiger partial charge in [0.1, 0.15) is 17.0 Å². The van der Waals surface area contributed by atoms with E-state index in [1.165, 1.54) is 0 Å². The highest BCUT2D eigenvalue weighted by molar-refractivity contribution is 5.81. The van der Waals surface area contributed by atoms with Crippen molar-refractivity contribution in [2.45, 2.75) is 128 Å². The minimum atomic E-state index is -2.02. The summed E-state index contributed by atoms with van der Waals surface area (Å²) in [6, 6.07) is 7.48. The van der Waals surface area contributed by atoms with Crippen LogP contribution in [0.4, 0.5) is 9.18 Å². The van der Waals surface area contributed by atoms with E-state index in [0.29, 0.717) is 38.3 Å². The van der Waals surface area contributed by atoms with Crippen LogP contribution >= 0.6 is 0 Å². The van der Waals surface area contributed by atoms with E-state index in [-0.39, 0.29) is 25.3 Å². The number of morpholine rings is 1. The Morgan fingerprint density at radius 2 is 1.73 bits per heavy atom. The first-order valence-electron chi connectivity index (χ1n) is 15.8. The van der Waals surface area contributed by atoms with Gasteiger partial charge in [-0.25, -0.2) is 9.18 Å². The minimum absolute atomic E-state index is 0.0274. The normalized spacial score (nSPS) is 27.6. The number of alkyl halides is 1. The van der Waals surface area contributed by atoms with Crippen LogP contribution < -0.4 is 10.1 Å². The van der Waals surface area contributed by atoms with Crippen molar-refractivity contribution < 1.29 is 42.5 Å². The van der Waals surface area contributed by atoms with Gasteiger partial charge in [0.25, 0.3) is 12.3 Å². The lowest BCUT2D eigenvalue weighted by atomic mass is 9.82. The number of amides is 2. The van der Waals surface area contributed by atoms with Gasteiger partial charge in [-0.1, -0.05) is 18.2 Å². The second kappa shape index (κ2) is 14.0. The number of benzene rings is 1. The monoisotopic (exact) mass is 620 g/mol. The second-order valence-corrected chi connectivity index (χ2v) is 14.1. The van der Waals surface area contributed by atoms with Crippen molar-refractivity contribution in [1.82, 2.24) is 10.2 Å². The molecule has 3 fully saturated rings. The van der Waals surface area contributed by atoms with Crippen molar-refractivity contribution in [2.75, 3.05) is 26.4 Å². The maximum Gasteiger partial charge on any atom is 0.410 e. The molecule has 2 aliphatic heterocycles. The lowest BCUT2D eigenvalue weighted by molar-refractivity contribution is -0.165. The summed E-state index contributed by atoms with van der Waals surface area (Å²) in [4.78, 5) is 38.9. The molecule has 3 atom stereocenters. The summed E-state index contributed by atoms with van der Waals surface area (Å²) < 4.78 is 42.6. The van der Waals surface area contributed by atoms with Crippen LogP contribution in [0.5, 0.6) is 5.75 Å². The number of rotatable bonds is 9. The van der Waals surface area contributed by atoms with Crippen LogP contribution in [-0.4, -0.2) is 84.5 Å². The Hall–Kier alpha value is -2.92. The molecule has 3 unspecified atom stereocenters. The molecule has 2 saturated heterocycles. The van der Waals surface area contributed by atoms with E-state index in [2.05, 4.69) is 11.4 Å². The molecule has 1 N–H and O–H groups in total. The summed E-state index contributed by atoms with van der Waals surface area (Å²) in [5.41, 5.74) is -0.974. The summed E-state index contributed by atoms with van der Waals surface area (Å²) in [6.45, 7) is 11.9. The molecule has 4 rings (SSSR count). The van der Waals surface area contributed by atoms with E-state index in [4.69, 9.17) is 23.7 Å². The molecule has 1 saturated carbocycles. The zero-order valence-corrected chi connectivity index (χ0v) is 27.0. The number of nitrogens with one attached hydrogen (secondary N) is 1. The number of halogens is 1. The fraction of sp³-hybridized carbons (Fsp3) is 0.727. The number of para-hydroxylation sites is 1. The molecule has 11 heteroatoms. The van der Waals surface area contributed by atoms with Crippen molar-refractivity contribution in [1.29, 1.82) is 0 Å². The number of carbonyl (C=O) groups excluding carboxylic acids is 3. The summed E-state index contributed by atoms with van der Waals surface area (Å²) >= 11 is 0. The van der Waals surface area contributed by atoms with E-state index in [9.17, 15) is 18.8 Å². The predicted molar refractivity (Wildman–Crippen MR) is 161 cm³/mol. The lowest BCUT2D eigenvalue weighted by Crippen LogP contribution is -2.66. The van der Waals surface area contributed by atoms with Gasteiger partial charge in [0.2, 0.25) is 0 Å². The van der Waals surface area contributed by atoms with Gasteiger partial charge in [0.15, 0.2) is 0 Å². The standard InChI is InChI=1S/C33H49FN2O8/c1-31(2,3)43-27(37)12-9-19-40-25-11-8-7-10-24(25)22-13-15-23(16-14-22)41-20-26-33(21-42-28(34)29(38)35-33)17-18-36(26)30(39)44-32(4,5)6/h7-8,10-11,22-23,26,28H,9,12-21H2,1-6H3,(H,35,38)/t22-,23+,26?,28?,33?. The van der Waals surface area contributed by atoms with Crippen molar-refractivity contribution in [3.8, 4) is 5.75 Å². The predicted octanol–water partition coefficient (Wildman–Crippen LogP) is 5.42. The third-order valence-corrected chi connectivity index (χ3v) is 8.23. The topological polar surface area (TPSA) is 113 Å². The van der Waals surface area contributed by atoms with Crippen LogP contribution in [0.25, 0.3) is 0 Å². The molecule has 1 aromatic rings. The summed E-state index contributed by atoms with van der Waals surface area (Å²) in [5.74, 6) is 0.0793. The lowest BCUT2D eigenvalue weighted by Gasteiger charge is -2.42. The molecule has 44 heavy (non-hydrogen) atoms. The number of nitrogens with zero attached hydrogens (tertiary/aromatic N) is 1. The first kappa shape index (κ1) is 34.0. The molecule has 0 aromatic heterocycles. The average molecular weight is 621 g/mol. The maximum absolute atomic E-state index is 13.9. The number of ether oxygens (including phenoxy) is 5. The van der Waals surface area contributed by atoms with Crippen LogP contribution in [0.3, 0.4) is 0 Å². The van der Waals surface area contributed by atoms with Gasteiger partial charge in [0, 0.05) is 13.0 Å². The molecular weight excluding hydrogens is 571 g/mol. The SMILES string of the molecule is CC(C)(C)OC(=O)CCCOc1ccccc1[C@H]1CC[C@@H](OCC2N(C(=O)OC(C)(C)C)CCC23COC(F)C(=O)N3)CC1. The third kappa shape index (κ3) is 9.06. The van der Waals surface area contributed by atoms with Gasteiger partial charge in [-0.05, 0) is 97.6 Å². The Labute approximate surface area is 260 Å². The Kier molecular flexibility index (Phi) is 10.8. The number of likely N-dealkylation sites (tertiary alicyclic amines) is 1. The highest BCUT2D eigenvalue weighted by Gasteiger charge is 2.54. The van der Waals surface area contributed by atoms with Crippen molar-refractivity contribution in [3.05, 3.63) is 29.8 Å². The van der Waals surface area contributed by atoms with E-state index in [0.717, 1.165) is 37.0 Å². The third-order valence-electron chi connectivity index (χ3n) is 8.23. The molecule has 2 amide bonds. The molecule has 2 heterocycles. The highest BCUT2D eigenvalue weighted by Crippen LogP contribution is 2.39. The Morgan fingerprint density at radius 1 is 1.05 bits per heavy atom. The van der Waals surface area contributed by atoms with Gasteiger partial charge in [-0.2, -0.15) is 0 Å². The average Bonchev–Trinajstić information content (AvgIpc) is 3.28. The van der Waals surface area contributed by atoms with Crippen LogP contribution in [0.2, 0.25) is 0 Å². The number of carbonyl (C=O) groups is 3. The zero-order valence-electron chi connectivity index (χ0n) is 27.0. The summed E-state index contributed by atoms with van der Waals surface area (Å²) in [5, 5.41) is 2.79. The Bertz CT molecular complexity index is 1160. The molecule has 0 bridgehead atoms. The van der Waals surface area contributed by atoms with E-state index in [1.54, 1.807) is 25.7 Å². The minimum Gasteiger partial charge on any atom is -0.493 e. The number of hydrogen-bond donors (Lipinski definition) is 1. The van der Waals surface area contributed by atoms with Gasteiger partial charge in [-0.15, -0.1) is 0 Å². The fourth-order valence-electron chi connectivity index (χ4n) is 6.19. The summed E-state index contributed by atoms with van der Waals surface area (Å²) in [6.07, 6.45) is 2.19. The first-order chi connectivity index (χ1) is 20.7. The van der Waals surface area contributed by atoms with Crippen LogP contribution in [-0.2, 0) is 28.5 Å². The summed E-state index contributed by atoms with van der Waals surface area (Å²) in [7, 11) is 0. The molecule has 1 aliphatic carbocycles. The first-order valence-corrected chi connectivity index (χ1v) is 15.8. The zero-order chi connectivity index (χ0) is 32.1. The Morgan fingerprint density at radius 3 is 2.39 bits per heavy atom. The number of hydrogen-bond acceptors (Lipinski definition) is 8. The molecule has 0 radical (unpaired) electrons. The van der Waals surface area contributed by atoms with E-state index < -0.39 is 41.1 Å². The van der Waals surface area contributed by atoms with Gasteiger partial charge in [-0.3, -0.25) is 9.59 Å². The number of esters is 1. The maximum atomic E-state index is 13.9. The van der Waals surface area contributed by atoms with Crippen molar-refractivity contribution in [3.63, 3.8) is 0 Å². The van der Waals surface area contributed by atoms with Gasteiger partial charge in [0.05, 0.1) is 37.5 Å². The highest BCUT2D eigenvalue weighted by atomic mass is 19.1. The van der Waals surface area contributed by atoms with Crippen molar-refractivity contribution >= 4 is 18.0 Å². The van der Waals surface area contributed by atoms with Gasteiger partial charge >= 0.3 is 12.1 Å². The molecule has 1 aromatic carbocycles. The van der Waals surface area contributed by atoms with E-state index in [1.807, 2.05) is 39.0 Å². The van der Waals surface area contributed by atoms with Crippen LogP contribution in [0.1, 0.15) is 98.0 Å². The molecule has 246 valence electrons. The smallest absolute Gasteiger partial charge is 0.410 e. The van der Waals surface area contributed by atoms with Gasteiger partial charge < -0.3 is 33.9 Å². The van der Waals surface area contributed by atoms with Crippen molar-refractivity contribution in [2.24, 2.45) is 0 Å². The fourth-order valence-corrected chi connectivity index (χ4v) is 6.19. The Balaban J connectivity index is 1.32. The van der Waals surface area contributed by atoms with Crippen LogP contribution in [0, 0.1) is 0 Å². The molecular formula is C33H49FN2O8. The van der Waals surface area contributed by atoms with Crippen LogP contribution in [0.15, 0.2) is 24.3 Å². The quantitative estimate of drug-likeness (QED) is 0.288.